The molecule has 106 valence electrons. The van der Waals surface area contributed by atoms with E-state index < -0.39 is 0 Å². The molecule has 7 nitrogen and oxygen atoms in total. The van der Waals surface area contributed by atoms with Gasteiger partial charge >= 0.3 is 5.97 Å². The van der Waals surface area contributed by atoms with E-state index >= 15 is 0 Å². The summed E-state index contributed by atoms with van der Waals surface area (Å²) in [6.07, 6.45) is 0. The number of rotatable bonds is 6. The lowest BCUT2D eigenvalue weighted by Gasteiger charge is -2.24. The number of anilines is 1. The van der Waals surface area contributed by atoms with Crippen LogP contribution in [-0.2, 0) is 14.3 Å². The number of carbonyl (C=O) groups is 2. The normalized spacial score (nSPS) is 10.8. The van der Waals surface area contributed by atoms with Crippen molar-refractivity contribution in [2.45, 2.75) is 26.8 Å². The molecule has 0 unspecified atom stereocenters. The van der Waals surface area contributed by atoms with Gasteiger partial charge in [-0.05, 0) is 20.8 Å². The van der Waals surface area contributed by atoms with Crippen LogP contribution >= 0.6 is 0 Å². The summed E-state index contributed by atoms with van der Waals surface area (Å²) < 4.78 is 9.44. The van der Waals surface area contributed by atoms with Gasteiger partial charge in [0, 0.05) is 12.1 Å². The van der Waals surface area contributed by atoms with E-state index in [1.54, 1.807) is 17.9 Å². The number of amides is 1. The van der Waals surface area contributed by atoms with Gasteiger partial charge in [-0.1, -0.05) is 5.16 Å². The minimum Gasteiger partial charge on any atom is -0.468 e. The molecular weight excluding hydrogens is 250 g/mol. The maximum atomic E-state index is 11.8. The molecule has 1 heterocycles. The molecule has 0 aromatic carbocycles. The van der Waals surface area contributed by atoms with Gasteiger partial charge in [0.15, 0.2) is 5.82 Å². The highest BCUT2D eigenvalue weighted by Gasteiger charge is 2.18. The first-order chi connectivity index (χ1) is 8.92. The minimum absolute atomic E-state index is 0.0453. The summed E-state index contributed by atoms with van der Waals surface area (Å²) in [5.41, 5.74) is 0. The molecule has 0 saturated heterocycles. The second kappa shape index (κ2) is 6.89. The van der Waals surface area contributed by atoms with Crippen molar-refractivity contribution < 1.29 is 18.8 Å². The molecule has 0 aliphatic carbocycles. The highest BCUT2D eigenvalue weighted by molar-refractivity contribution is 5.91. The number of esters is 1. The zero-order valence-corrected chi connectivity index (χ0v) is 11.6. The van der Waals surface area contributed by atoms with Gasteiger partial charge in [-0.15, -0.1) is 0 Å². The average molecular weight is 269 g/mol. The molecule has 0 atom stereocenters. The predicted molar refractivity (Wildman–Crippen MR) is 68.6 cm³/mol. The molecule has 0 bridgehead atoms. The Morgan fingerprint density at radius 1 is 1.47 bits per heavy atom. The van der Waals surface area contributed by atoms with E-state index in [1.165, 1.54) is 7.11 Å². The SMILES string of the molecule is COC(=O)CN(CC(=O)Nc1cc(C)on1)C(C)C. The molecule has 0 radical (unpaired) electrons. The number of nitrogens with one attached hydrogen (secondary N) is 1. The number of carbonyl (C=O) groups excluding carboxylic acids is 2. The van der Waals surface area contributed by atoms with E-state index in [1.807, 2.05) is 13.8 Å². The highest BCUT2D eigenvalue weighted by atomic mass is 16.5. The van der Waals surface area contributed by atoms with Crippen molar-refractivity contribution >= 4 is 17.7 Å². The van der Waals surface area contributed by atoms with Crippen LogP contribution in [0.2, 0.25) is 0 Å². The van der Waals surface area contributed by atoms with Crippen LogP contribution in [0.5, 0.6) is 0 Å². The topological polar surface area (TPSA) is 84.7 Å². The summed E-state index contributed by atoms with van der Waals surface area (Å²) in [7, 11) is 1.32. The number of hydrogen-bond acceptors (Lipinski definition) is 6. The van der Waals surface area contributed by atoms with Gasteiger partial charge in [-0.2, -0.15) is 0 Å². The number of aryl methyl sites for hydroxylation is 1. The first-order valence-electron chi connectivity index (χ1n) is 5.96. The van der Waals surface area contributed by atoms with Crippen LogP contribution in [0.3, 0.4) is 0 Å². The first kappa shape index (κ1) is 15.2. The van der Waals surface area contributed by atoms with Crippen molar-refractivity contribution in [2.75, 3.05) is 25.5 Å². The molecule has 1 aromatic rings. The second-order valence-corrected chi connectivity index (χ2v) is 4.45. The van der Waals surface area contributed by atoms with Gasteiger partial charge in [0.05, 0.1) is 20.2 Å². The highest BCUT2D eigenvalue weighted by Crippen LogP contribution is 2.07. The lowest BCUT2D eigenvalue weighted by molar-refractivity contribution is -0.142. The van der Waals surface area contributed by atoms with Crippen LogP contribution in [0.15, 0.2) is 10.6 Å². The molecule has 0 aliphatic heterocycles. The quantitative estimate of drug-likeness (QED) is 0.769. The van der Waals surface area contributed by atoms with Crippen LogP contribution in [0.4, 0.5) is 5.82 Å². The Labute approximate surface area is 111 Å². The smallest absolute Gasteiger partial charge is 0.319 e. The Morgan fingerprint density at radius 2 is 2.16 bits per heavy atom. The Bertz CT molecular complexity index is 442. The fourth-order valence-corrected chi connectivity index (χ4v) is 1.44. The summed E-state index contributed by atoms with van der Waals surface area (Å²) in [4.78, 5) is 24.8. The van der Waals surface area contributed by atoms with Gasteiger partial charge < -0.3 is 14.6 Å². The zero-order valence-electron chi connectivity index (χ0n) is 11.6. The van der Waals surface area contributed by atoms with E-state index in [4.69, 9.17) is 4.52 Å². The lowest BCUT2D eigenvalue weighted by atomic mass is 10.3. The number of nitrogens with zero attached hydrogens (tertiary/aromatic N) is 2. The minimum atomic E-state index is -0.376. The Morgan fingerprint density at radius 3 is 2.63 bits per heavy atom. The Hall–Kier alpha value is -1.89. The molecule has 0 aliphatic rings. The second-order valence-electron chi connectivity index (χ2n) is 4.45. The number of methoxy groups -OCH3 is 1. The molecule has 7 heteroatoms. The molecule has 19 heavy (non-hydrogen) atoms. The van der Waals surface area contributed by atoms with Crippen LogP contribution < -0.4 is 5.32 Å². The number of aromatic nitrogens is 1. The van der Waals surface area contributed by atoms with E-state index in [-0.39, 0.29) is 31.0 Å². The van der Waals surface area contributed by atoms with Crippen LogP contribution in [-0.4, -0.2) is 48.2 Å². The van der Waals surface area contributed by atoms with E-state index in [0.717, 1.165) is 0 Å². The fraction of sp³-hybridized carbons (Fsp3) is 0.583. The van der Waals surface area contributed by atoms with E-state index in [2.05, 4.69) is 15.2 Å². The van der Waals surface area contributed by atoms with Crippen molar-refractivity contribution in [3.8, 4) is 0 Å². The molecule has 1 amide bonds. The van der Waals surface area contributed by atoms with Crippen molar-refractivity contribution in [2.24, 2.45) is 0 Å². The first-order valence-corrected chi connectivity index (χ1v) is 5.96. The van der Waals surface area contributed by atoms with Gasteiger partial charge in [-0.25, -0.2) is 0 Å². The Kier molecular flexibility index (Phi) is 5.50. The van der Waals surface area contributed by atoms with Gasteiger partial charge in [0.25, 0.3) is 0 Å². The maximum Gasteiger partial charge on any atom is 0.319 e. The summed E-state index contributed by atoms with van der Waals surface area (Å²) in [5, 5.41) is 6.27. The van der Waals surface area contributed by atoms with Gasteiger partial charge in [0.1, 0.15) is 5.76 Å². The predicted octanol–water partition coefficient (Wildman–Crippen LogP) is 0.805. The summed E-state index contributed by atoms with van der Waals surface area (Å²) in [5.74, 6) is 0.347. The largest absolute Gasteiger partial charge is 0.468 e. The average Bonchev–Trinajstić information content (AvgIpc) is 2.73. The molecular formula is C12H19N3O4. The summed E-state index contributed by atoms with van der Waals surface area (Å²) in [6, 6.07) is 1.67. The van der Waals surface area contributed by atoms with Crippen LogP contribution in [0.1, 0.15) is 19.6 Å². The number of hydrogen-bond donors (Lipinski definition) is 1. The molecule has 0 saturated carbocycles. The number of ether oxygens (including phenoxy) is 1. The van der Waals surface area contributed by atoms with E-state index in [0.29, 0.717) is 11.6 Å². The summed E-state index contributed by atoms with van der Waals surface area (Å²) >= 11 is 0. The third-order valence-corrected chi connectivity index (χ3v) is 2.53. The monoisotopic (exact) mass is 269 g/mol. The fourth-order valence-electron chi connectivity index (χ4n) is 1.44. The molecule has 1 N–H and O–H groups in total. The Balaban J connectivity index is 2.54. The third kappa shape index (κ3) is 5.09. The standard InChI is InChI=1S/C12H19N3O4/c1-8(2)15(7-12(17)18-4)6-11(16)13-10-5-9(3)19-14-10/h5,8H,6-7H2,1-4H3,(H,13,14,16). The van der Waals surface area contributed by atoms with Crippen molar-refractivity contribution in [1.82, 2.24) is 10.1 Å². The van der Waals surface area contributed by atoms with Crippen molar-refractivity contribution in [1.29, 1.82) is 0 Å². The van der Waals surface area contributed by atoms with Crippen LogP contribution in [0.25, 0.3) is 0 Å². The van der Waals surface area contributed by atoms with Crippen LogP contribution in [0, 0.1) is 6.92 Å². The molecule has 1 rings (SSSR count). The van der Waals surface area contributed by atoms with Crippen molar-refractivity contribution in [3.05, 3.63) is 11.8 Å². The summed E-state index contributed by atoms with van der Waals surface area (Å²) in [6.45, 7) is 5.69. The van der Waals surface area contributed by atoms with E-state index in [9.17, 15) is 9.59 Å². The molecule has 0 spiro atoms. The van der Waals surface area contributed by atoms with Gasteiger partial charge in [0.2, 0.25) is 5.91 Å². The zero-order chi connectivity index (χ0) is 14.4. The maximum absolute atomic E-state index is 11.8. The molecule has 0 fully saturated rings. The van der Waals surface area contributed by atoms with Crippen molar-refractivity contribution in [3.63, 3.8) is 0 Å². The molecule has 1 aromatic heterocycles. The third-order valence-electron chi connectivity index (χ3n) is 2.53. The van der Waals surface area contributed by atoms with Gasteiger partial charge in [-0.3, -0.25) is 14.5 Å². The lowest BCUT2D eigenvalue weighted by Crippen LogP contribution is -2.41.